The summed E-state index contributed by atoms with van der Waals surface area (Å²) >= 11 is 5.86. The van der Waals surface area contributed by atoms with E-state index in [2.05, 4.69) is 18.7 Å². The molecule has 2 heteroatoms. The molecule has 0 amide bonds. The molecule has 1 heterocycles. The number of rotatable bonds is 3. The lowest BCUT2D eigenvalue weighted by Crippen LogP contribution is -2.38. The van der Waals surface area contributed by atoms with Gasteiger partial charge in [-0.15, -0.1) is 11.6 Å². The van der Waals surface area contributed by atoms with Gasteiger partial charge >= 0.3 is 0 Å². The van der Waals surface area contributed by atoms with Crippen molar-refractivity contribution >= 4 is 11.6 Å². The Hall–Kier alpha value is 0.250. The highest BCUT2D eigenvalue weighted by atomic mass is 35.5. The van der Waals surface area contributed by atoms with Gasteiger partial charge in [-0.1, -0.05) is 13.8 Å². The third-order valence-corrected chi connectivity index (χ3v) is 2.88. The minimum Gasteiger partial charge on any atom is -0.303 e. The number of likely N-dealkylation sites (tertiary alicyclic amines) is 1. The van der Waals surface area contributed by atoms with Crippen molar-refractivity contribution in [3.63, 3.8) is 0 Å². The maximum atomic E-state index is 5.86. The Bertz CT molecular complexity index is 125. The maximum absolute atomic E-state index is 5.86. The molecule has 1 saturated heterocycles. The van der Waals surface area contributed by atoms with Gasteiger partial charge in [-0.3, -0.25) is 0 Å². The van der Waals surface area contributed by atoms with Gasteiger partial charge in [-0.25, -0.2) is 0 Å². The van der Waals surface area contributed by atoms with Crippen molar-refractivity contribution in [2.24, 2.45) is 11.8 Å². The van der Waals surface area contributed by atoms with Gasteiger partial charge in [-0.2, -0.15) is 0 Å². The predicted molar refractivity (Wildman–Crippen MR) is 54.7 cm³/mol. The molecule has 0 aromatic rings. The van der Waals surface area contributed by atoms with Crippen LogP contribution in [0, 0.1) is 11.8 Å². The molecule has 0 N–H and O–H groups in total. The molecule has 0 unspecified atom stereocenters. The number of nitrogens with zero attached hydrogens (tertiary/aromatic N) is 1. The fourth-order valence-corrected chi connectivity index (χ4v) is 2.21. The summed E-state index contributed by atoms with van der Waals surface area (Å²) < 4.78 is 0. The second-order valence-electron chi connectivity index (χ2n) is 4.32. The summed E-state index contributed by atoms with van der Waals surface area (Å²) in [5.74, 6) is 2.38. The van der Waals surface area contributed by atoms with E-state index in [0.29, 0.717) is 0 Å². The molecule has 0 spiro atoms. The lowest BCUT2D eigenvalue weighted by Gasteiger charge is -2.32. The zero-order chi connectivity index (χ0) is 8.97. The molecule has 1 atom stereocenters. The average molecular weight is 190 g/mol. The van der Waals surface area contributed by atoms with Crippen LogP contribution in [0.1, 0.15) is 26.7 Å². The Morgan fingerprint density at radius 1 is 1.50 bits per heavy atom. The number of hydrogen-bond acceptors (Lipinski definition) is 1. The monoisotopic (exact) mass is 189 g/mol. The zero-order valence-corrected chi connectivity index (χ0v) is 8.98. The van der Waals surface area contributed by atoms with Crippen molar-refractivity contribution < 1.29 is 0 Å². The lowest BCUT2D eigenvalue weighted by atomic mass is 9.99. The summed E-state index contributed by atoms with van der Waals surface area (Å²) in [4.78, 5) is 2.56. The zero-order valence-electron chi connectivity index (χ0n) is 8.22. The second-order valence-corrected chi connectivity index (χ2v) is 4.62. The van der Waals surface area contributed by atoms with Gasteiger partial charge in [0.1, 0.15) is 0 Å². The van der Waals surface area contributed by atoms with E-state index in [9.17, 15) is 0 Å². The first-order valence-corrected chi connectivity index (χ1v) is 5.54. The fourth-order valence-electron chi connectivity index (χ4n) is 1.96. The molecule has 0 saturated carbocycles. The van der Waals surface area contributed by atoms with Crippen LogP contribution in [0.4, 0.5) is 0 Å². The average Bonchev–Trinajstić information content (AvgIpc) is 2.03. The highest BCUT2D eigenvalue weighted by molar-refractivity contribution is 6.18. The Balaban J connectivity index is 2.25. The first-order chi connectivity index (χ1) is 5.72. The van der Waals surface area contributed by atoms with Crippen LogP contribution in [0.3, 0.4) is 0 Å². The molecule has 1 aliphatic heterocycles. The highest BCUT2D eigenvalue weighted by Gasteiger charge is 2.18. The third-order valence-electron chi connectivity index (χ3n) is 2.44. The number of piperidine rings is 1. The normalized spacial score (nSPS) is 26.5. The Morgan fingerprint density at radius 2 is 2.25 bits per heavy atom. The second kappa shape index (κ2) is 5.08. The van der Waals surface area contributed by atoms with E-state index in [1.165, 1.54) is 32.5 Å². The van der Waals surface area contributed by atoms with Crippen LogP contribution in [0.15, 0.2) is 0 Å². The summed E-state index contributed by atoms with van der Waals surface area (Å²) in [7, 11) is 0. The molecular weight excluding hydrogens is 170 g/mol. The van der Waals surface area contributed by atoms with Gasteiger partial charge in [0.2, 0.25) is 0 Å². The minimum absolute atomic E-state index is 0.749. The van der Waals surface area contributed by atoms with Gasteiger partial charge < -0.3 is 4.90 Å². The molecule has 72 valence electrons. The van der Waals surface area contributed by atoms with E-state index in [1.54, 1.807) is 0 Å². The smallest absolute Gasteiger partial charge is 0.0263 e. The fraction of sp³-hybridized carbons (Fsp3) is 1.00. The summed E-state index contributed by atoms with van der Waals surface area (Å²) in [6, 6.07) is 0. The first kappa shape index (κ1) is 10.3. The van der Waals surface area contributed by atoms with Crippen LogP contribution in [-0.4, -0.2) is 30.4 Å². The predicted octanol–water partition coefficient (Wildman–Crippen LogP) is 2.59. The Kier molecular flexibility index (Phi) is 4.38. The molecule has 12 heavy (non-hydrogen) atoms. The standard InChI is InChI=1S/C10H20ClN/c1-9(2)7-12-5-3-4-10(6-11)8-12/h9-10H,3-8H2,1-2H3/t10-/m0/s1. The van der Waals surface area contributed by atoms with E-state index in [1.807, 2.05) is 0 Å². The van der Waals surface area contributed by atoms with Gasteiger partial charge in [0.25, 0.3) is 0 Å². The van der Waals surface area contributed by atoms with E-state index in [0.717, 1.165) is 17.7 Å². The molecule has 1 rings (SSSR count). The van der Waals surface area contributed by atoms with Crippen LogP contribution in [0.5, 0.6) is 0 Å². The van der Waals surface area contributed by atoms with Gasteiger partial charge in [-0.05, 0) is 31.2 Å². The summed E-state index contributed by atoms with van der Waals surface area (Å²) in [5, 5.41) is 0. The quantitative estimate of drug-likeness (QED) is 0.617. The third kappa shape index (κ3) is 3.32. The number of hydrogen-bond donors (Lipinski definition) is 0. The van der Waals surface area contributed by atoms with E-state index < -0.39 is 0 Å². The van der Waals surface area contributed by atoms with Crippen LogP contribution >= 0.6 is 11.6 Å². The lowest BCUT2D eigenvalue weighted by molar-refractivity contribution is 0.168. The first-order valence-electron chi connectivity index (χ1n) is 5.00. The van der Waals surface area contributed by atoms with Crippen LogP contribution in [0.25, 0.3) is 0 Å². The Labute approximate surface area is 81.1 Å². The van der Waals surface area contributed by atoms with Crippen molar-refractivity contribution in [1.82, 2.24) is 4.90 Å². The minimum atomic E-state index is 0.749. The molecule has 1 nitrogen and oxygen atoms in total. The van der Waals surface area contributed by atoms with Crippen molar-refractivity contribution in [1.29, 1.82) is 0 Å². The topological polar surface area (TPSA) is 3.24 Å². The molecule has 0 aliphatic carbocycles. The summed E-state index contributed by atoms with van der Waals surface area (Å²) in [6.07, 6.45) is 2.67. The molecule has 0 aromatic heterocycles. The van der Waals surface area contributed by atoms with Gasteiger partial charge in [0.15, 0.2) is 0 Å². The molecule has 1 fully saturated rings. The number of alkyl halides is 1. The van der Waals surface area contributed by atoms with Crippen LogP contribution in [0.2, 0.25) is 0 Å². The van der Waals surface area contributed by atoms with E-state index >= 15 is 0 Å². The van der Waals surface area contributed by atoms with E-state index in [-0.39, 0.29) is 0 Å². The van der Waals surface area contributed by atoms with Crippen molar-refractivity contribution in [3.8, 4) is 0 Å². The van der Waals surface area contributed by atoms with E-state index in [4.69, 9.17) is 11.6 Å². The Morgan fingerprint density at radius 3 is 2.83 bits per heavy atom. The molecule has 0 radical (unpaired) electrons. The van der Waals surface area contributed by atoms with Crippen molar-refractivity contribution in [2.75, 3.05) is 25.5 Å². The summed E-state index contributed by atoms with van der Waals surface area (Å²) in [6.45, 7) is 8.31. The van der Waals surface area contributed by atoms with Crippen molar-refractivity contribution in [3.05, 3.63) is 0 Å². The molecule has 1 aliphatic rings. The molecule has 0 aromatic carbocycles. The van der Waals surface area contributed by atoms with Crippen molar-refractivity contribution in [2.45, 2.75) is 26.7 Å². The van der Waals surface area contributed by atoms with Crippen LogP contribution in [-0.2, 0) is 0 Å². The maximum Gasteiger partial charge on any atom is 0.0263 e. The van der Waals surface area contributed by atoms with Gasteiger partial charge in [0.05, 0.1) is 0 Å². The number of halogens is 1. The summed E-state index contributed by atoms with van der Waals surface area (Å²) in [5.41, 5.74) is 0. The largest absolute Gasteiger partial charge is 0.303 e. The van der Waals surface area contributed by atoms with Crippen LogP contribution < -0.4 is 0 Å². The van der Waals surface area contributed by atoms with Gasteiger partial charge in [0, 0.05) is 19.0 Å². The highest BCUT2D eigenvalue weighted by Crippen LogP contribution is 2.18. The molecule has 0 bridgehead atoms. The molecular formula is C10H20ClN. The SMILES string of the molecule is CC(C)CN1CCC[C@@H](CCl)C1.